The number of ether oxygens (including phenoxy) is 1. The number of halogens is 2. The van der Waals surface area contributed by atoms with Crippen LogP contribution in [-0.4, -0.2) is 6.61 Å². The quantitative estimate of drug-likeness (QED) is 0.411. The third-order valence-corrected chi connectivity index (χ3v) is 3.59. The summed E-state index contributed by atoms with van der Waals surface area (Å²) in [6.45, 7) is 2.98. The minimum atomic E-state index is 0.394. The zero-order valence-electron chi connectivity index (χ0n) is 11.1. The minimum Gasteiger partial charge on any atom is -0.493 e. The Labute approximate surface area is 120 Å². The van der Waals surface area contributed by atoms with Gasteiger partial charge in [-0.05, 0) is 18.6 Å². The highest BCUT2D eigenvalue weighted by Gasteiger charge is 2.06. The van der Waals surface area contributed by atoms with Gasteiger partial charge in [-0.15, -0.1) is 11.6 Å². The maximum atomic E-state index is 6.06. The van der Waals surface area contributed by atoms with Crippen molar-refractivity contribution >= 4 is 23.2 Å². The van der Waals surface area contributed by atoms with Crippen LogP contribution in [0.25, 0.3) is 0 Å². The molecule has 0 fully saturated rings. The summed E-state index contributed by atoms with van der Waals surface area (Å²) >= 11 is 11.9. The van der Waals surface area contributed by atoms with Crippen molar-refractivity contribution in [2.45, 2.75) is 51.3 Å². The molecule has 0 spiro atoms. The van der Waals surface area contributed by atoms with E-state index in [-0.39, 0.29) is 0 Å². The van der Waals surface area contributed by atoms with Gasteiger partial charge in [-0.1, -0.05) is 56.7 Å². The molecule has 1 aromatic carbocycles. The number of hydrogen-bond donors (Lipinski definition) is 0. The van der Waals surface area contributed by atoms with Gasteiger partial charge in [0.2, 0.25) is 0 Å². The first-order chi connectivity index (χ1) is 8.79. The molecule has 0 aromatic heterocycles. The van der Waals surface area contributed by atoms with Crippen LogP contribution >= 0.6 is 23.2 Å². The van der Waals surface area contributed by atoms with Crippen LogP contribution in [0, 0.1) is 0 Å². The minimum absolute atomic E-state index is 0.394. The number of alkyl halides is 1. The molecular formula is C15H22Cl2O. The summed E-state index contributed by atoms with van der Waals surface area (Å²) in [4.78, 5) is 0. The summed E-state index contributed by atoms with van der Waals surface area (Å²) in [5, 5.41) is 0.686. The number of benzene rings is 1. The average Bonchev–Trinajstić information content (AvgIpc) is 2.38. The molecule has 0 aliphatic heterocycles. The molecule has 0 unspecified atom stereocenters. The highest BCUT2D eigenvalue weighted by Crippen LogP contribution is 2.28. The molecule has 0 bridgehead atoms. The van der Waals surface area contributed by atoms with Crippen molar-refractivity contribution in [1.82, 2.24) is 0 Å². The highest BCUT2D eigenvalue weighted by molar-refractivity contribution is 6.32. The summed E-state index contributed by atoms with van der Waals surface area (Å²) in [5.41, 5.74) is 0.895. The van der Waals surface area contributed by atoms with Crippen molar-refractivity contribution in [3.63, 3.8) is 0 Å². The summed E-state index contributed by atoms with van der Waals surface area (Å²) in [6.07, 6.45) is 7.59. The van der Waals surface area contributed by atoms with Gasteiger partial charge in [-0.25, -0.2) is 0 Å². The summed E-state index contributed by atoms with van der Waals surface area (Å²) in [5.74, 6) is 1.22. The van der Waals surface area contributed by atoms with E-state index in [1.165, 1.54) is 32.1 Å². The largest absolute Gasteiger partial charge is 0.493 e. The van der Waals surface area contributed by atoms with Crippen molar-refractivity contribution in [1.29, 1.82) is 0 Å². The van der Waals surface area contributed by atoms with Crippen LogP contribution in [0.1, 0.15) is 51.0 Å². The van der Waals surface area contributed by atoms with Crippen LogP contribution in [0.2, 0.25) is 5.02 Å². The molecule has 0 N–H and O–H groups in total. The Morgan fingerprint density at radius 2 is 1.78 bits per heavy atom. The van der Waals surface area contributed by atoms with E-state index in [0.29, 0.717) is 10.9 Å². The Morgan fingerprint density at radius 1 is 1.06 bits per heavy atom. The van der Waals surface area contributed by atoms with Gasteiger partial charge in [0.15, 0.2) is 0 Å². The highest BCUT2D eigenvalue weighted by atomic mass is 35.5. The lowest BCUT2D eigenvalue weighted by Gasteiger charge is -2.11. The maximum absolute atomic E-state index is 6.06. The molecule has 1 rings (SSSR count). The van der Waals surface area contributed by atoms with E-state index in [4.69, 9.17) is 27.9 Å². The van der Waals surface area contributed by atoms with Crippen LogP contribution in [0.5, 0.6) is 5.75 Å². The number of unbranched alkanes of at least 4 members (excludes halogenated alkanes) is 5. The van der Waals surface area contributed by atoms with Gasteiger partial charge in [0, 0.05) is 10.6 Å². The van der Waals surface area contributed by atoms with Crippen LogP contribution in [0.3, 0.4) is 0 Å². The first-order valence-corrected chi connectivity index (χ1v) is 7.67. The fourth-order valence-corrected chi connectivity index (χ4v) is 2.45. The Balaban J connectivity index is 2.25. The smallest absolute Gasteiger partial charge is 0.125 e. The van der Waals surface area contributed by atoms with Crippen LogP contribution in [-0.2, 0) is 5.88 Å². The lowest BCUT2D eigenvalue weighted by molar-refractivity contribution is 0.302. The Hall–Kier alpha value is -0.400. The third-order valence-electron chi connectivity index (χ3n) is 2.96. The molecule has 0 radical (unpaired) electrons. The molecule has 0 saturated heterocycles. The van der Waals surface area contributed by atoms with E-state index in [1.807, 2.05) is 18.2 Å². The summed E-state index contributed by atoms with van der Waals surface area (Å²) in [7, 11) is 0. The normalized spacial score (nSPS) is 10.6. The number of hydrogen-bond acceptors (Lipinski definition) is 1. The molecule has 0 aliphatic rings. The van der Waals surface area contributed by atoms with Gasteiger partial charge in [0.25, 0.3) is 0 Å². The molecule has 18 heavy (non-hydrogen) atoms. The Kier molecular flexibility index (Phi) is 8.28. The fraction of sp³-hybridized carbons (Fsp3) is 0.600. The molecule has 102 valence electrons. The van der Waals surface area contributed by atoms with Gasteiger partial charge in [-0.2, -0.15) is 0 Å². The summed E-state index contributed by atoms with van der Waals surface area (Å²) < 4.78 is 5.75. The number of rotatable bonds is 9. The molecule has 0 heterocycles. The molecule has 0 amide bonds. The molecule has 3 heteroatoms. The summed E-state index contributed by atoms with van der Waals surface area (Å²) in [6, 6.07) is 5.67. The Bertz CT molecular complexity index is 339. The molecule has 0 saturated carbocycles. The standard InChI is InChI=1S/C15H22Cl2O/c1-2-3-4-5-6-7-11-18-15-10-8-9-14(17)13(15)12-16/h8-10H,2-7,11-12H2,1H3. The Morgan fingerprint density at radius 3 is 2.50 bits per heavy atom. The first kappa shape index (κ1) is 15.7. The molecular weight excluding hydrogens is 267 g/mol. The predicted molar refractivity (Wildman–Crippen MR) is 79.9 cm³/mol. The van der Waals surface area contributed by atoms with E-state index < -0.39 is 0 Å². The monoisotopic (exact) mass is 288 g/mol. The topological polar surface area (TPSA) is 9.23 Å². The SMILES string of the molecule is CCCCCCCCOc1cccc(Cl)c1CCl. The van der Waals surface area contributed by atoms with Crippen molar-refractivity contribution in [3.05, 3.63) is 28.8 Å². The van der Waals surface area contributed by atoms with Crippen LogP contribution < -0.4 is 4.74 Å². The second-order valence-corrected chi connectivity index (χ2v) is 5.14. The van der Waals surface area contributed by atoms with E-state index in [9.17, 15) is 0 Å². The third kappa shape index (κ3) is 5.49. The van der Waals surface area contributed by atoms with Crippen molar-refractivity contribution in [3.8, 4) is 5.75 Å². The van der Waals surface area contributed by atoms with Gasteiger partial charge in [-0.3, -0.25) is 0 Å². The van der Waals surface area contributed by atoms with Crippen molar-refractivity contribution < 1.29 is 4.74 Å². The van der Waals surface area contributed by atoms with Gasteiger partial charge in [0.05, 0.1) is 12.5 Å². The van der Waals surface area contributed by atoms with Gasteiger partial charge >= 0.3 is 0 Å². The predicted octanol–water partition coefficient (Wildman–Crippen LogP) is 5.82. The van der Waals surface area contributed by atoms with Crippen molar-refractivity contribution in [2.24, 2.45) is 0 Å². The lowest BCUT2D eigenvalue weighted by atomic mass is 10.1. The fourth-order valence-electron chi connectivity index (χ4n) is 1.87. The van der Waals surface area contributed by atoms with Crippen molar-refractivity contribution in [2.75, 3.05) is 6.61 Å². The molecule has 1 nitrogen and oxygen atoms in total. The van der Waals surface area contributed by atoms with E-state index in [2.05, 4.69) is 6.92 Å². The second-order valence-electron chi connectivity index (χ2n) is 4.47. The van der Waals surface area contributed by atoms with Crippen LogP contribution in [0.4, 0.5) is 0 Å². The van der Waals surface area contributed by atoms with Crippen LogP contribution in [0.15, 0.2) is 18.2 Å². The first-order valence-electron chi connectivity index (χ1n) is 6.75. The van der Waals surface area contributed by atoms with E-state index >= 15 is 0 Å². The maximum Gasteiger partial charge on any atom is 0.125 e. The molecule has 1 aromatic rings. The lowest BCUT2D eigenvalue weighted by Crippen LogP contribution is -2.00. The van der Waals surface area contributed by atoms with E-state index in [0.717, 1.165) is 24.3 Å². The van der Waals surface area contributed by atoms with E-state index in [1.54, 1.807) is 0 Å². The zero-order chi connectivity index (χ0) is 13.2. The zero-order valence-corrected chi connectivity index (χ0v) is 12.6. The van der Waals surface area contributed by atoms with Gasteiger partial charge < -0.3 is 4.74 Å². The second kappa shape index (κ2) is 9.52. The molecule has 0 aliphatic carbocycles. The average molecular weight is 289 g/mol. The molecule has 0 atom stereocenters. The van der Waals surface area contributed by atoms with Gasteiger partial charge in [0.1, 0.15) is 5.75 Å².